The highest BCUT2D eigenvalue weighted by atomic mass is 14.6. The van der Waals surface area contributed by atoms with Gasteiger partial charge in [0.25, 0.3) is 0 Å². The first kappa shape index (κ1) is 9.24. The van der Waals surface area contributed by atoms with Gasteiger partial charge in [0.2, 0.25) is 0 Å². The SMILES string of the molecule is CCC(C)(C)c1cnccc1C. The van der Waals surface area contributed by atoms with E-state index in [2.05, 4.69) is 38.7 Å². The Hall–Kier alpha value is -0.850. The van der Waals surface area contributed by atoms with Crippen molar-refractivity contribution in [3.63, 3.8) is 0 Å². The molecule has 0 radical (unpaired) electrons. The maximum absolute atomic E-state index is 4.16. The fourth-order valence-electron chi connectivity index (χ4n) is 1.36. The van der Waals surface area contributed by atoms with Gasteiger partial charge in [0.05, 0.1) is 0 Å². The molecule has 12 heavy (non-hydrogen) atoms. The highest BCUT2D eigenvalue weighted by Gasteiger charge is 2.19. The third-order valence-electron chi connectivity index (χ3n) is 2.65. The Morgan fingerprint density at radius 3 is 2.58 bits per heavy atom. The minimum absolute atomic E-state index is 0.262. The highest BCUT2D eigenvalue weighted by Crippen LogP contribution is 2.28. The van der Waals surface area contributed by atoms with Crippen molar-refractivity contribution in [1.29, 1.82) is 0 Å². The maximum Gasteiger partial charge on any atom is 0.0307 e. The molecule has 0 saturated carbocycles. The fraction of sp³-hybridized carbons (Fsp3) is 0.545. The molecule has 0 aliphatic carbocycles. The Morgan fingerprint density at radius 2 is 2.08 bits per heavy atom. The summed E-state index contributed by atoms with van der Waals surface area (Å²) in [6.07, 6.45) is 4.99. The van der Waals surface area contributed by atoms with Crippen LogP contribution in [0.15, 0.2) is 18.5 Å². The summed E-state index contributed by atoms with van der Waals surface area (Å²) in [6, 6.07) is 2.08. The average Bonchev–Trinajstić information content (AvgIpc) is 2.05. The topological polar surface area (TPSA) is 12.9 Å². The lowest BCUT2D eigenvalue weighted by Crippen LogP contribution is -2.17. The third-order valence-corrected chi connectivity index (χ3v) is 2.65. The van der Waals surface area contributed by atoms with Gasteiger partial charge in [0, 0.05) is 12.4 Å². The van der Waals surface area contributed by atoms with Crippen LogP contribution in [-0.4, -0.2) is 4.98 Å². The summed E-state index contributed by atoms with van der Waals surface area (Å²) < 4.78 is 0. The number of hydrogen-bond acceptors (Lipinski definition) is 1. The Labute approximate surface area is 74.8 Å². The Bertz CT molecular complexity index is 263. The number of hydrogen-bond donors (Lipinski definition) is 0. The van der Waals surface area contributed by atoms with Gasteiger partial charge in [0.15, 0.2) is 0 Å². The smallest absolute Gasteiger partial charge is 0.0307 e. The monoisotopic (exact) mass is 163 g/mol. The van der Waals surface area contributed by atoms with Gasteiger partial charge in [-0.3, -0.25) is 4.98 Å². The molecule has 0 saturated heterocycles. The first-order valence-corrected chi connectivity index (χ1v) is 4.49. The zero-order chi connectivity index (χ0) is 9.19. The van der Waals surface area contributed by atoms with Crippen LogP contribution in [-0.2, 0) is 5.41 Å². The van der Waals surface area contributed by atoms with Crippen LogP contribution >= 0.6 is 0 Å². The van der Waals surface area contributed by atoms with Crippen molar-refractivity contribution in [3.05, 3.63) is 29.6 Å². The van der Waals surface area contributed by atoms with Crippen LogP contribution in [0.25, 0.3) is 0 Å². The van der Waals surface area contributed by atoms with Crippen LogP contribution in [0.1, 0.15) is 38.3 Å². The van der Waals surface area contributed by atoms with Gasteiger partial charge in [-0.2, -0.15) is 0 Å². The van der Waals surface area contributed by atoms with Crippen LogP contribution < -0.4 is 0 Å². The van der Waals surface area contributed by atoms with Crippen LogP contribution in [0.3, 0.4) is 0 Å². The molecule has 0 fully saturated rings. The number of aryl methyl sites for hydroxylation is 1. The summed E-state index contributed by atoms with van der Waals surface area (Å²) in [5, 5.41) is 0. The van der Waals surface area contributed by atoms with E-state index in [4.69, 9.17) is 0 Å². The van der Waals surface area contributed by atoms with E-state index >= 15 is 0 Å². The molecule has 1 heterocycles. The van der Waals surface area contributed by atoms with Gasteiger partial charge in [-0.05, 0) is 36.0 Å². The maximum atomic E-state index is 4.16. The van der Waals surface area contributed by atoms with Crippen molar-refractivity contribution in [3.8, 4) is 0 Å². The lowest BCUT2D eigenvalue weighted by Gasteiger charge is -2.24. The normalized spacial score (nSPS) is 11.7. The van der Waals surface area contributed by atoms with E-state index in [0.29, 0.717) is 0 Å². The van der Waals surface area contributed by atoms with Gasteiger partial charge in [-0.15, -0.1) is 0 Å². The summed E-state index contributed by atoms with van der Waals surface area (Å²) in [4.78, 5) is 4.16. The number of rotatable bonds is 2. The predicted molar refractivity (Wildman–Crippen MR) is 52.3 cm³/mol. The van der Waals surface area contributed by atoms with E-state index in [1.54, 1.807) is 0 Å². The Kier molecular flexibility index (Phi) is 2.51. The Morgan fingerprint density at radius 1 is 1.42 bits per heavy atom. The molecule has 0 aromatic carbocycles. The van der Waals surface area contributed by atoms with Crippen molar-refractivity contribution >= 4 is 0 Å². The van der Waals surface area contributed by atoms with Crippen LogP contribution in [0, 0.1) is 6.92 Å². The minimum atomic E-state index is 0.262. The molecule has 1 heteroatoms. The predicted octanol–water partition coefficient (Wildman–Crippen LogP) is 3.08. The van der Waals surface area contributed by atoms with Gasteiger partial charge in [-0.1, -0.05) is 20.8 Å². The van der Waals surface area contributed by atoms with Gasteiger partial charge >= 0.3 is 0 Å². The molecule has 0 N–H and O–H groups in total. The standard InChI is InChI=1S/C11H17N/c1-5-11(3,4)10-8-12-7-6-9(10)2/h6-8H,5H2,1-4H3. The molecule has 0 bridgehead atoms. The third kappa shape index (κ3) is 1.66. The van der Waals surface area contributed by atoms with Crippen LogP contribution in [0.5, 0.6) is 0 Å². The zero-order valence-corrected chi connectivity index (χ0v) is 8.39. The van der Waals surface area contributed by atoms with E-state index in [1.807, 2.05) is 12.4 Å². The minimum Gasteiger partial charge on any atom is -0.264 e. The second kappa shape index (κ2) is 3.26. The van der Waals surface area contributed by atoms with E-state index in [-0.39, 0.29) is 5.41 Å². The highest BCUT2D eigenvalue weighted by molar-refractivity contribution is 5.28. The van der Waals surface area contributed by atoms with Crippen LogP contribution in [0.2, 0.25) is 0 Å². The summed E-state index contributed by atoms with van der Waals surface area (Å²) in [5.41, 5.74) is 2.97. The molecule has 1 aromatic heterocycles. The molecule has 1 aromatic rings. The largest absolute Gasteiger partial charge is 0.264 e. The molecule has 0 aliphatic rings. The van der Waals surface area contributed by atoms with Crippen molar-refractivity contribution < 1.29 is 0 Å². The van der Waals surface area contributed by atoms with E-state index in [1.165, 1.54) is 11.1 Å². The summed E-state index contributed by atoms with van der Waals surface area (Å²) in [7, 11) is 0. The fourth-order valence-corrected chi connectivity index (χ4v) is 1.36. The zero-order valence-electron chi connectivity index (χ0n) is 8.39. The summed E-state index contributed by atoms with van der Waals surface area (Å²) >= 11 is 0. The number of pyridine rings is 1. The lowest BCUT2D eigenvalue weighted by atomic mass is 9.81. The van der Waals surface area contributed by atoms with E-state index < -0.39 is 0 Å². The second-order valence-electron chi connectivity index (χ2n) is 3.93. The lowest BCUT2D eigenvalue weighted by molar-refractivity contribution is 0.501. The van der Waals surface area contributed by atoms with Crippen molar-refractivity contribution in [2.24, 2.45) is 0 Å². The summed E-state index contributed by atoms with van der Waals surface area (Å²) in [5.74, 6) is 0. The van der Waals surface area contributed by atoms with E-state index in [9.17, 15) is 0 Å². The molecule has 0 spiro atoms. The quantitative estimate of drug-likeness (QED) is 0.653. The average molecular weight is 163 g/mol. The van der Waals surface area contributed by atoms with Gasteiger partial charge in [-0.25, -0.2) is 0 Å². The van der Waals surface area contributed by atoms with Crippen molar-refractivity contribution in [2.45, 2.75) is 39.5 Å². The molecular formula is C11H17N. The van der Waals surface area contributed by atoms with Gasteiger partial charge in [0.1, 0.15) is 0 Å². The van der Waals surface area contributed by atoms with Crippen molar-refractivity contribution in [2.75, 3.05) is 0 Å². The first-order chi connectivity index (χ1) is 5.58. The molecule has 0 aliphatic heterocycles. The second-order valence-corrected chi connectivity index (χ2v) is 3.93. The molecule has 0 amide bonds. The summed E-state index contributed by atoms with van der Waals surface area (Å²) in [6.45, 7) is 8.88. The van der Waals surface area contributed by atoms with Gasteiger partial charge < -0.3 is 0 Å². The molecule has 66 valence electrons. The number of nitrogens with zero attached hydrogens (tertiary/aromatic N) is 1. The van der Waals surface area contributed by atoms with Crippen LogP contribution in [0.4, 0.5) is 0 Å². The first-order valence-electron chi connectivity index (χ1n) is 4.49. The molecule has 0 atom stereocenters. The van der Waals surface area contributed by atoms with E-state index in [0.717, 1.165) is 6.42 Å². The Balaban J connectivity index is 3.10. The molecule has 1 rings (SSSR count). The molecule has 1 nitrogen and oxygen atoms in total. The molecule has 0 unspecified atom stereocenters. The molecular weight excluding hydrogens is 146 g/mol. The number of aromatic nitrogens is 1. The van der Waals surface area contributed by atoms with Crippen molar-refractivity contribution in [1.82, 2.24) is 4.98 Å².